The zero-order chi connectivity index (χ0) is 12.3. The van der Waals surface area contributed by atoms with Crippen molar-refractivity contribution in [2.75, 3.05) is 13.7 Å². The van der Waals surface area contributed by atoms with Crippen LogP contribution < -0.4 is 10.5 Å². The smallest absolute Gasteiger partial charge is 0.160 e. The Hall–Kier alpha value is -1.94. The van der Waals surface area contributed by atoms with Crippen LogP contribution in [0.25, 0.3) is 0 Å². The van der Waals surface area contributed by atoms with Gasteiger partial charge in [0.1, 0.15) is 0 Å². The van der Waals surface area contributed by atoms with Crippen molar-refractivity contribution in [2.24, 2.45) is 5.73 Å². The fourth-order valence-corrected chi connectivity index (χ4v) is 1.89. The van der Waals surface area contributed by atoms with Gasteiger partial charge in [-0.15, -0.1) is 0 Å². The monoisotopic (exact) mass is 232 g/mol. The highest BCUT2D eigenvalue weighted by Crippen LogP contribution is 2.29. The Morgan fingerprint density at radius 1 is 1.35 bits per heavy atom. The van der Waals surface area contributed by atoms with Crippen molar-refractivity contribution in [3.63, 3.8) is 0 Å². The van der Waals surface area contributed by atoms with Crippen LogP contribution in [0.5, 0.6) is 11.5 Å². The first kappa shape index (κ1) is 11.5. The van der Waals surface area contributed by atoms with Gasteiger partial charge in [0.25, 0.3) is 0 Å². The average Bonchev–Trinajstić information content (AvgIpc) is 2.86. The predicted molar refractivity (Wildman–Crippen MR) is 66.3 cm³/mol. The highest BCUT2D eigenvalue weighted by atomic mass is 16.5. The van der Waals surface area contributed by atoms with Crippen LogP contribution >= 0.6 is 0 Å². The molecule has 1 unspecified atom stereocenters. The fourth-order valence-electron chi connectivity index (χ4n) is 1.89. The van der Waals surface area contributed by atoms with Crippen LogP contribution in [0.2, 0.25) is 0 Å². The molecular formula is C13H16N2O2. The van der Waals surface area contributed by atoms with E-state index >= 15 is 0 Å². The summed E-state index contributed by atoms with van der Waals surface area (Å²) in [5.74, 6) is 0.604. The highest BCUT2D eigenvalue weighted by Gasteiger charge is 2.13. The lowest BCUT2D eigenvalue weighted by Crippen LogP contribution is -2.19. The van der Waals surface area contributed by atoms with Crippen LogP contribution in [-0.2, 0) is 0 Å². The maximum atomic E-state index is 9.56. The zero-order valence-corrected chi connectivity index (χ0v) is 9.71. The third kappa shape index (κ3) is 2.26. The normalized spacial score (nSPS) is 12.4. The van der Waals surface area contributed by atoms with E-state index in [1.165, 1.54) is 7.11 Å². The summed E-state index contributed by atoms with van der Waals surface area (Å²) < 4.78 is 7.13. The molecule has 0 aliphatic rings. The van der Waals surface area contributed by atoms with Crippen LogP contribution in [0.15, 0.2) is 42.7 Å². The van der Waals surface area contributed by atoms with Gasteiger partial charge in [0.05, 0.1) is 13.2 Å². The number of hydrogen-bond acceptors (Lipinski definition) is 3. The Kier molecular flexibility index (Phi) is 3.35. The number of hydrogen-bond donors (Lipinski definition) is 2. The molecule has 0 spiro atoms. The number of phenols is 1. The molecule has 0 amide bonds. The summed E-state index contributed by atoms with van der Waals surface area (Å²) in [5.41, 5.74) is 6.81. The minimum absolute atomic E-state index is 0.0551. The van der Waals surface area contributed by atoms with Gasteiger partial charge in [-0.1, -0.05) is 6.07 Å². The maximum Gasteiger partial charge on any atom is 0.160 e. The minimum atomic E-state index is 0.0551. The topological polar surface area (TPSA) is 60.4 Å². The van der Waals surface area contributed by atoms with Crippen LogP contribution in [0.4, 0.5) is 0 Å². The Balaban J connectivity index is 2.38. The van der Waals surface area contributed by atoms with Crippen molar-refractivity contribution in [1.82, 2.24) is 4.57 Å². The summed E-state index contributed by atoms with van der Waals surface area (Å²) in [5, 5.41) is 9.56. The molecule has 1 aromatic heterocycles. The molecule has 0 saturated heterocycles. The first-order valence-corrected chi connectivity index (χ1v) is 5.45. The fraction of sp³-hybridized carbons (Fsp3) is 0.231. The minimum Gasteiger partial charge on any atom is -0.504 e. The first-order chi connectivity index (χ1) is 8.26. The molecule has 0 fully saturated rings. The molecule has 0 bridgehead atoms. The summed E-state index contributed by atoms with van der Waals surface area (Å²) in [7, 11) is 1.53. The first-order valence-electron chi connectivity index (χ1n) is 5.45. The van der Waals surface area contributed by atoms with Gasteiger partial charge in [-0.05, 0) is 29.8 Å². The van der Waals surface area contributed by atoms with E-state index in [9.17, 15) is 5.11 Å². The molecule has 2 aromatic rings. The van der Waals surface area contributed by atoms with Crippen LogP contribution in [-0.4, -0.2) is 23.3 Å². The van der Waals surface area contributed by atoms with Gasteiger partial charge in [0, 0.05) is 18.9 Å². The second kappa shape index (κ2) is 4.93. The molecule has 0 saturated carbocycles. The molecule has 2 rings (SSSR count). The van der Waals surface area contributed by atoms with Crippen molar-refractivity contribution in [1.29, 1.82) is 0 Å². The molecule has 4 nitrogen and oxygen atoms in total. The van der Waals surface area contributed by atoms with E-state index < -0.39 is 0 Å². The Morgan fingerprint density at radius 2 is 2.06 bits per heavy atom. The molecule has 1 heterocycles. The lowest BCUT2D eigenvalue weighted by Gasteiger charge is -2.18. The van der Waals surface area contributed by atoms with E-state index in [-0.39, 0.29) is 11.8 Å². The summed E-state index contributed by atoms with van der Waals surface area (Å²) >= 11 is 0. The van der Waals surface area contributed by atoms with Crippen LogP contribution in [0, 0.1) is 0 Å². The third-order valence-electron chi connectivity index (χ3n) is 2.80. The van der Waals surface area contributed by atoms with Gasteiger partial charge in [-0.2, -0.15) is 0 Å². The summed E-state index contributed by atoms with van der Waals surface area (Å²) in [6.45, 7) is 0.489. The van der Waals surface area contributed by atoms with E-state index in [1.54, 1.807) is 6.07 Å². The molecule has 1 aromatic carbocycles. The lowest BCUT2D eigenvalue weighted by atomic mass is 10.1. The van der Waals surface area contributed by atoms with Gasteiger partial charge in [0.15, 0.2) is 11.5 Å². The number of methoxy groups -OCH3 is 1. The van der Waals surface area contributed by atoms with E-state index in [0.29, 0.717) is 12.3 Å². The summed E-state index contributed by atoms with van der Waals surface area (Å²) in [6.07, 6.45) is 3.94. The molecular weight excluding hydrogens is 216 g/mol. The lowest BCUT2D eigenvalue weighted by molar-refractivity contribution is 0.372. The summed E-state index contributed by atoms with van der Waals surface area (Å²) in [6, 6.07) is 9.27. The van der Waals surface area contributed by atoms with Crippen molar-refractivity contribution >= 4 is 0 Å². The third-order valence-corrected chi connectivity index (χ3v) is 2.80. The zero-order valence-electron chi connectivity index (χ0n) is 9.71. The van der Waals surface area contributed by atoms with E-state index in [0.717, 1.165) is 5.56 Å². The molecule has 90 valence electrons. The molecule has 0 aliphatic heterocycles. The van der Waals surface area contributed by atoms with Crippen molar-refractivity contribution in [2.45, 2.75) is 6.04 Å². The Labute approximate surface area is 100 Å². The molecule has 3 N–H and O–H groups in total. The van der Waals surface area contributed by atoms with E-state index in [1.807, 2.05) is 41.2 Å². The number of phenolic OH excluding ortho intramolecular Hbond substituents is 1. The molecule has 17 heavy (non-hydrogen) atoms. The quantitative estimate of drug-likeness (QED) is 0.844. The highest BCUT2D eigenvalue weighted by molar-refractivity contribution is 5.43. The molecule has 1 atom stereocenters. The van der Waals surface area contributed by atoms with Crippen LogP contribution in [0.1, 0.15) is 11.6 Å². The second-order valence-electron chi connectivity index (χ2n) is 3.81. The standard InChI is InChI=1S/C13H16N2O2/c1-17-13-8-10(4-5-12(13)16)11(9-14)15-6-2-3-7-15/h2-8,11,16H,9,14H2,1H3. The number of rotatable bonds is 4. The number of nitrogens with zero attached hydrogens (tertiary/aromatic N) is 1. The van der Waals surface area contributed by atoms with Gasteiger partial charge in [-0.3, -0.25) is 0 Å². The molecule has 0 radical (unpaired) electrons. The Bertz CT molecular complexity index is 480. The Morgan fingerprint density at radius 3 is 2.65 bits per heavy atom. The number of nitrogens with two attached hydrogens (primary N) is 1. The second-order valence-corrected chi connectivity index (χ2v) is 3.81. The van der Waals surface area contributed by atoms with E-state index in [2.05, 4.69) is 0 Å². The van der Waals surface area contributed by atoms with Crippen LogP contribution in [0.3, 0.4) is 0 Å². The van der Waals surface area contributed by atoms with Gasteiger partial charge in [0.2, 0.25) is 0 Å². The van der Waals surface area contributed by atoms with Crippen molar-refractivity contribution < 1.29 is 9.84 Å². The van der Waals surface area contributed by atoms with E-state index in [4.69, 9.17) is 10.5 Å². The SMILES string of the molecule is COc1cc(C(CN)n2cccc2)ccc1O. The number of benzene rings is 1. The summed E-state index contributed by atoms with van der Waals surface area (Å²) in [4.78, 5) is 0. The number of aromatic nitrogens is 1. The molecule has 0 aliphatic carbocycles. The average molecular weight is 232 g/mol. The number of ether oxygens (including phenoxy) is 1. The van der Waals surface area contributed by atoms with Crippen molar-refractivity contribution in [3.05, 3.63) is 48.3 Å². The van der Waals surface area contributed by atoms with Crippen molar-refractivity contribution in [3.8, 4) is 11.5 Å². The van der Waals surface area contributed by atoms with Gasteiger partial charge < -0.3 is 20.1 Å². The maximum absolute atomic E-state index is 9.56. The van der Waals surface area contributed by atoms with Gasteiger partial charge >= 0.3 is 0 Å². The largest absolute Gasteiger partial charge is 0.504 e. The molecule has 4 heteroatoms. The number of aromatic hydroxyl groups is 1. The van der Waals surface area contributed by atoms with Gasteiger partial charge in [-0.25, -0.2) is 0 Å². The predicted octanol–water partition coefficient (Wildman–Crippen LogP) is 1.75.